The second-order valence-electron chi connectivity index (χ2n) is 7.59. The van der Waals surface area contributed by atoms with Crippen molar-refractivity contribution in [3.63, 3.8) is 0 Å². The van der Waals surface area contributed by atoms with Crippen LogP contribution in [0.25, 0.3) is 0 Å². The largest absolute Gasteiger partial charge is 0.444 e. The maximum atomic E-state index is 12.4. The maximum Gasteiger partial charge on any atom is 0.410 e. The van der Waals surface area contributed by atoms with Crippen molar-refractivity contribution in [3.8, 4) is 0 Å². The van der Waals surface area contributed by atoms with Gasteiger partial charge in [-0.2, -0.15) is 0 Å². The molecule has 0 radical (unpaired) electrons. The number of allylic oxidation sites excluding steroid dienone is 1. The van der Waals surface area contributed by atoms with Crippen LogP contribution in [0.4, 0.5) is 4.79 Å². The Hall–Kier alpha value is -1.32. The van der Waals surface area contributed by atoms with Crippen LogP contribution >= 0.6 is 0 Å². The quantitative estimate of drug-likeness (QED) is 0.567. The number of fused-ring (bicyclic) bond motifs is 2. The number of ether oxygens (including phenoxy) is 1. The molecule has 2 bridgehead atoms. The van der Waals surface area contributed by atoms with E-state index >= 15 is 0 Å². The molecular weight excluding hydrogens is 278 g/mol. The van der Waals surface area contributed by atoms with Crippen molar-refractivity contribution in [2.45, 2.75) is 83.4 Å². The molecule has 2 unspecified atom stereocenters. The van der Waals surface area contributed by atoms with Crippen LogP contribution in [0, 0.1) is 5.92 Å². The third kappa shape index (κ3) is 4.11. The lowest BCUT2D eigenvalue weighted by Crippen LogP contribution is -2.49. The van der Waals surface area contributed by atoms with Crippen LogP contribution in [0.5, 0.6) is 0 Å². The highest BCUT2D eigenvalue weighted by Crippen LogP contribution is 2.40. The molecule has 2 aliphatic heterocycles. The van der Waals surface area contributed by atoms with Gasteiger partial charge in [0.1, 0.15) is 11.4 Å². The van der Waals surface area contributed by atoms with Gasteiger partial charge >= 0.3 is 6.09 Å². The van der Waals surface area contributed by atoms with Gasteiger partial charge in [0.25, 0.3) is 0 Å². The van der Waals surface area contributed by atoms with Crippen molar-refractivity contribution in [1.82, 2.24) is 4.90 Å². The molecule has 22 heavy (non-hydrogen) atoms. The molecule has 4 heteroatoms. The van der Waals surface area contributed by atoms with Gasteiger partial charge in [-0.15, -0.1) is 6.58 Å². The fourth-order valence-corrected chi connectivity index (χ4v) is 3.68. The summed E-state index contributed by atoms with van der Waals surface area (Å²) in [5.74, 6) is 0.489. The van der Waals surface area contributed by atoms with Crippen LogP contribution in [-0.2, 0) is 9.53 Å². The molecule has 2 atom stereocenters. The summed E-state index contributed by atoms with van der Waals surface area (Å²) in [6.45, 7) is 9.37. The molecule has 0 aromatic heterocycles. The third-order valence-electron chi connectivity index (χ3n) is 4.62. The standard InChI is InChI=1S/C18H29NO3/c1-5-6-7-8-16(20)13-11-14-9-10-15(12-13)19(14)17(21)22-18(2,3)4/h5,13-15H,1,6-12H2,2-4H3. The number of carbonyl (C=O) groups excluding carboxylic acids is 2. The monoisotopic (exact) mass is 307 g/mol. The Morgan fingerprint density at radius 1 is 1.23 bits per heavy atom. The van der Waals surface area contributed by atoms with E-state index in [1.54, 1.807) is 0 Å². The average Bonchev–Trinajstić information content (AvgIpc) is 2.68. The molecule has 0 aromatic rings. The first-order chi connectivity index (χ1) is 10.3. The Bertz CT molecular complexity index is 424. The molecule has 2 fully saturated rings. The number of amides is 1. The van der Waals surface area contributed by atoms with Crippen LogP contribution in [0.2, 0.25) is 0 Å². The molecule has 0 aromatic carbocycles. The zero-order valence-electron chi connectivity index (χ0n) is 14.1. The lowest BCUT2D eigenvalue weighted by Gasteiger charge is -2.39. The van der Waals surface area contributed by atoms with Crippen LogP contribution in [0.15, 0.2) is 12.7 Å². The second kappa shape index (κ2) is 6.84. The van der Waals surface area contributed by atoms with Crippen molar-refractivity contribution in [2.75, 3.05) is 0 Å². The molecule has 1 amide bonds. The summed E-state index contributed by atoms with van der Waals surface area (Å²) in [5, 5.41) is 0. The molecule has 2 aliphatic rings. The third-order valence-corrected chi connectivity index (χ3v) is 4.62. The number of ketones is 1. The number of carbonyl (C=O) groups is 2. The van der Waals surface area contributed by atoms with E-state index in [9.17, 15) is 9.59 Å². The van der Waals surface area contributed by atoms with Crippen molar-refractivity contribution >= 4 is 11.9 Å². The van der Waals surface area contributed by atoms with E-state index in [0.29, 0.717) is 12.2 Å². The van der Waals surface area contributed by atoms with Crippen molar-refractivity contribution in [1.29, 1.82) is 0 Å². The zero-order valence-corrected chi connectivity index (χ0v) is 14.1. The second-order valence-corrected chi connectivity index (χ2v) is 7.59. The van der Waals surface area contributed by atoms with Crippen LogP contribution in [0.3, 0.4) is 0 Å². The van der Waals surface area contributed by atoms with E-state index < -0.39 is 5.60 Å². The van der Waals surface area contributed by atoms with Crippen molar-refractivity contribution < 1.29 is 14.3 Å². The first kappa shape index (κ1) is 17.0. The normalized spacial score (nSPS) is 27.6. The maximum absolute atomic E-state index is 12.4. The van der Waals surface area contributed by atoms with E-state index in [-0.39, 0.29) is 24.1 Å². The minimum Gasteiger partial charge on any atom is -0.444 e. The van der Waals surface area contributed by atoms with Crippen molar-refractivity contribution in [3.05, 3.63) is 12.7 Å². The fraction of sp³-hybridized carbons (Fsp3) is 0.778. The van der Waals surface area contributed by atoms with Gasteiger partial charge in [0.05, 0.1) is 0 Å². The van der Waals surface area contributed by atoms with Gasteiger partial charge in [-0.25, -0.2) is 4.79 Å². The number of Topliss-reactive ketones (excluding diaryl/α,β-unsaturated/α-hetero) is 1. The van der Waals surface area contributed by atoms with Gasteiger partial charge < -0.3 is 9.64 Å². The summed E-state index contributed by atoms with van der Waals surface area (Å²) in [5.41, 5.74) is -0.464. The topological polar surface area (TPSA) is 46.6 Å². The molecule has 124 valence electrons. The minimum atomic E-state index is -0.464. The number of piperidine rings is 1. The molecule has 0 saturated carbocycles. The molecule has 4 nitrogen and oxygen atoms in total. The number of hydrogen-bond donors (Lipinski definition) is 0. The lowest BCUT2D eigenvalue weighted by molar-refractivity contribution is -0.125. The first-order valence-corrected chi connectivity index (χ1v) is 8.46. The molecular formula is C18H29NO3. The molecule has 0 aliphatic carbocycles. The summed E-state index contributed by atoms with van der Waals surface area (Å²) in [4.78, 5) is 26.6. The Kier molecular flexibility index (Phi) is 5.30. The summed E-state index contributed by atoms with van der Waals surface area (Å²) < 4.78 is 5.52. The molecule has 2 rings (SSSR count). The molecule has 0 spiro atoms. The van der Waals surface area contributed by atoms with Crippen LogP contribution < -0.4 is 0 Å². The van der Waals surface area contributed by atoms with Gasteiger partial charge in [0.2, 0.25) is 0 Å². The molecule has 2 heterocycles. The van der Waals surface area contributed by atoms with Gasteiger partial charge in [-0.1, -0.05) is 6.08 Å². The Morgan fingerprint density at radius 3 is 2.32 bits per heavy atom. The van der Waals surface area contributed by atoms with E-state index in [0.717, 1.165) is 38.5 Å². The zero-order chi connectivity index (χ0) is 16.3. The number of unbranched alkanes of at least 4 members (excludes halogenated alkanes) is 1. The van der Waals surface area contributed by atoms with Crippen LogP contribution in [0.1, 0.15) is 65.7 Å². The lowest BCUT2D eigenvalue weighted by atomic mass is 9.86. The fourth-order valence-electron chi connectivity index (χ4n) is 3.68. The summed E-state index contributed by atoms with van der Waals surface area (Å²) in [7, 11) is 0. The van der Waals surface area contributed by atoms with Gasteiger partial charge in [0.15, 0.2) is 0 Å². The first-order valence-electron chi connectivity index (χ1n) is 8.46. The van der Waals surface area contributed by atoms with E-state index in [1.807, 2.05) is 31.7 Å². The van der Waals surface area contributed by atoms with E-state index in [2.05, 4.69) is 6.58 Å². The van der Waals surface area contributed by atoms with Crippen LogP contribution in [-0.4, -0.2) is 34.5 Å². The summed E-state index contributed by atoms with van der Waals surface area (Å²) in [6, 6.07) is 0.365. The van der Waals surface area contributed by atoms with E-state index in [1.165, 1.54) is 0 Å². The highest BCUT2D eigenvalue weighted by atomic mass is 16.6. The highest BCUT2D eigenvalue weighted by molar-refractivity contribution is 5.81. The van der Waals surface area contributed by atoms with Crippen molar-refractivity contribution in [2.24, 2.45) is 5.92 Å². The molecule has 2 saturated heterocycles. The minimum absolute atomic E-state index is 0.126. The average molecular weight is 307 g/mol. The Labute approximate surface area is 133 Å². The van der Waals surface area contributed by atoms with Gasteiger partial charge in [-0.3, -0.25) is 4.79 Å². The number of rotatable bonds is 5. The number of hydrogen-bond acceptors (Lipinski definition) is 3. The number of nitrogens with zero attached hydrogens (tertiary/aromatic N) is 1. The Balaban J connectivity index is 1.92. The Morgan fingerprint density at radius 2 is 1.82 bits per heavy atom. The SMILES string of the molecule is C=CCCCC(=O)C1CC2CCC(C1)N2C(=O)OC(C)(C)C. The molecule has 0 N–H and O–H groups in total. The predicted octanol–water partition coefficient (Wildman–Crippen LogP) is 4.09. The van der Waals surface area contributed by atoms with E-state index in [4.69, 9.17) is 4.74 Å². The summed E-state index contributed by atoms with van der Waals surface area (Å²) in [6.07, 6.45) is 7.70. The smallest absolute Gasteiger partial charge is 0.410 e. The predicted molar refractivity (Wildman–Crippen MR) is 86.7 cm³/mol. The highest BCUT2D eigenvalue weighted by Gasteiger charge is 2.46. The van der Waals surface area contributed by atoms with Gasteiger partial charge in [0, 0.05) is 24.4 Å². The van der Waals surface area contributed by atoms with Gasteiger partial charge in [-0.05, 0) is 59.3 Å². The summed E-state index contributed by atoms with van der Waals surface area (Å²) >= 11 is 0.